The number of nitrogens with one attached hydrogen (secondary N) is 2. The minimum absolute atomic E-state index is 0.0412. The molecular formula is C11H21N3O3. The lowest BCUT2D eigenvalue weighted by Crippen LogP contribution is -2.39. The van der Waals surface area contributed by atoms with Crippen molar-refractivity contribution >= 4 is 12.0 Å². The summed E-state index contributed by atoms with van der Waals surface area (Å²) in [6.45, 7) is 6.16. The van der Waals surface area contributed by atoms with Crippen LogP contribution in [0.15, 0.2) is 0 Å². The normalized spacial score (nSPS) is 20.2. The van der Waals surface area contributed by atoms with Crippen molar-refractivity contribution in [3.63, 3.8) is 0 Å². The van der Waals surface area contributed by atoms with E-state index in [2.05, 4.69) is 22.5 Å². The van der Waals surface area contributed by atoms with E-state index in [9.17, 15) is 9.59 Å². The fourth-order valence-corrected chi connectivity index (χ4v) is 1.95. The van der Waals surface area contributed by atoms with Crippen molar-refractivity contribution in [2.24, 2.45) is 5.92 Å². The number of carboxylic acid groups (broad SMARTS) is 1. The zero-order valence-electron chi connectivity index (χ0n) is 10.2. The van der Waals surface area contributed by atoms with Crippen LogP contribution in [-0.4, -0.2) is 54.7 Å². The largest absolute Gasteiger partial charge is 0.481 e. The Bertz CT molecular complexity index is 271. The summed E-state index contributed by atoms with van der Waals surface area (Å²) in [5, 5.41) is 13.7. The molecule has 0 aliphatic carbocycles. The van der Waals surface area contributed by atoms with Crippen LogP contribution in [0, 0.1) is 5.92 Å². The third-order valence-corrected chi connectivity index (χ3v) is 2.99. The fraction of sp³-hybridized carbons (Fsp3) is 0.818. The Balaban J connectivity index is 2.06. The minimum atomic E-state index is -0.903. The topological polar surface area (TPSA) is 81.7 Å². The van der Waals surface area contributed by atoms with Gasteiger partial charge in [0, 0.05) is 19.6 Å². The van der Waals surface area contributed by atoms with Crippen LogP contribution in [0.25, 0.3) is 0 Å². The maximum Gasteiger partial charge on any atom is 0.314 e. The number of carbonyl (C=O) groups is 2. The van der Waals surface area contributed by atoms with Crippen LogP contribution in [0.2, 0.25) is 0 Å². The van der Waals surface area contributed by atoms with E-state index in [0.717, 1.165) is 26.1 Å². The average molecular weight is 243 g/mol. The SMILES string of the molecule is CCN1CCC(CNC(=O)NCCC(=O)O)C1. The van der Waals surface area contributed by atoms with E-state index in [0.29, 0.717) is 12.5 Å². The van der Waals surface area contributed by atoms with Gasteiger partial charge in [-0.3, -0.25) is 4.79 Å². The van der Waals surface area contributed by atoms with Gasteiger partial charge in [0.15, 0.2) is 0 Å². The molecule has 0 aromatic carbocycles. The predicted molar refractivity (Wildman–Crippen MR) is 63.9 cm³/mol. The highest BCUT2D eigenvalue weighted by atomic mass is 16.4. The molecule has 1 unspecified atom stereocenters. The number of amides is 2. The molecule has 1 fully saturated rings. The van der Waals surface area contributed by atoms with Crippen molar-refractivity contribution in [3.8, 4) is 0 Å². The van der Waals surface area contributed by atoms with Crippen LogP contribution in [0.1, 0.15) is 19.8 Å². The minimum Gasteiger partial charge on any atom is -0.481 e. The summed E-state index contributed by atoms with van der Waals surface area (Å²) in [6.07, 6.45) is 1.07. The van der Waals surface area contributed by atoms with Crippen molar-refractivity contribution in [2.75, 3.05) is 32.7 Å². The highest BCUT2D eigenvalue weighted by molar-refractivity contribution is 5.74. The lowest BCUT2D eigenvalue weighted by atomic mass is 10.1. The molecule has 3 N–H and O–H groups in total. The van der Waals surface area contributed by atoms with Crippen molar-refractivity contribution in [3.05, 3.63) is 0 Å². The van der Waals surface area contributed by atoms with Gasteiger partial charge in [0.2, 0.25) is 0 Å². The molecule has 98 valence electrons. The molecule has 17 heavy (non-hydrogen) atoms. The standard InChI is InChI=1S/C11H21N3O3/c1-2-14-6-4-9(8-14)7-13-11(17)12-5-3-10(15)16/h9H,2-8H2,1H3,(H,15,16)(H2,12,13,17). The van der Waals surface area contributed by atoms with Gasteiger partial charge < -0.3 is 20.6 Å². The lowest BCUT2D eigenvalue weighted by Gasteiger charge is -2.13. The van der Waals surface area contributed by atoms with E-state index in [-0.39, 0.29) is 19.0 Å². The number of carboxylic acids is 1. The number of rotatable bonds is 6. The van der Waals surface area contributed by atoms with Crippen LogP contribution < -0.4 is 10.6 Å². The zero-order valence-corrected chi connectivity index (χ0v) is 10.2. The molecule has 1 saturated heterocycles. The molecule has 1 aliphatic rings. The monoisotopic (exact) mass is 243 g/mol. The summed E-state index contributed by atoms with van der Waals surface area (Å²) in [6, 6.07) is -0.277. The highest BCUT2D eigenvalue weighted by Gasteiger charge is 2.21. The Labute approximate surface area is 101 Å². The molecule has 6 heteroatoms. The zero-order chi connectivity index (χ0) is 12.7. The Kier molecular flexibility index (Phi) is 5.76. The van der Waals surface area contributed by atoms with Gasteiger partial charge in [-0.05, 0) is 25.4 Å². The molecule has 0 aromatic rings. The molecule has 1 atom stereocenters. The Hall–Kier alpha value is -1.30. The van der Waals surface area contributed by atoms with Gasteiger partial charge >= 0.3 is 12.0 Å². The average Bonchev–Trinajstić information content (AvgIpc) is 2.73. The van der Waals surface area contributed by atoms with E-state index in [4.69, 9.17) is 5.11 Å². The molecule has 1 aliphatic heterocycles. The highest BCUT2D eigenvalue weighted by Crippen LogP contribution is 2.14. The van der Waals surface area contributed by atoms with E-state index in [1.54, 1.807) is 0 Å². The number of nitrogens with zero attached hydrogens (tertiary/aromatic N) is 1. The second-order valence-corrected chi connectivity index (χ2v) is 4.33. The van der Waals surface area contributed by atoms with Gasteiger partial charge in [-0.25, -0.2) is 4.79 Å². The van der Waals surface area contributed by atoms with E-state index in [1.807, 2.05) is 0 Å². The van der Waals surface area contributed by atoms with Crippen LogP contribution >= 0.6 is 0 Å². The second-order valence-electron chi connectivity index (χ2n) is 4.33. The summed E-state index contributed by atoms with van der Waals surface area (Å²) >= 11 is 0. The summed E-state index contributed by atoms with van der Waals surface area (Å²) in [5.74, 6) is -0.389. The van der Waals surface area contributed by atoms with Gasteiger partial charge in [0.25, 0.3) is 0 Å². The number of hydrogen-bond donors (Lipinski definition) is 3. The Morgan fingerprint density at radius 3 is 2.76 bits per heavy atom. The maximum absolute atomic E-state index is 11.3. The van der Waals surface area contributed by atoms with Crippen molar-refractivity contribution in [1.82, 2.24) is 15.5 Å². The first-order valence-corrected chi connectivity index (χ1v) is 6.07. The van der Waals surface area contributed by atoms with Gasteiger partial charge in [-0.15, -0.1) is 0 Å². The van der Waals surface area contributed by atoms with Crippen molar-refractivity contribution in [2.45, 2.75) is 19.8 Å². The van der Waals surface area contributed by atoms with E-state index < -0.39 is 5.97 Å². The first-order valence-electron chi connectivity index (χ1n) is 6.07. The second kappa shape index (κ2) is 7.11. The molecular weight excluding hydrogens is 222 g/mol. The summed E-state index contributed by atoms with van der Waals surface area (Å²) < 4.78 is 0. The molecule has 1 rings (SSSR count). The van der Waals surface area contributed by atoms with Gasteiger partial charge in [-0.1, -0.05) is 6.92 Å². The third kappa shape index (κ3) is 5.53. The Morgan fingerprint density at radius 2 is 2.18 bits per heavy atom. The van der Waals surface area contributed by atoms with Crippen molar-refractivity contribution < 1.29 is 14.7 Å². The molecule has 1 heterocycles. The molecule has 6 nitrogen and oxygen atoms in total. The summed E-state index contributed by atoms with van der Waals surface area (Å²) in [5.41, 5.74) is 0. The van der Waals surface area contributed by atoms with Gasteiger partial charge in [0.1, 0.15) is 0 Å². The van der Waals surface area contributed by atoms with Crippen LogP contribution in [0.3, 0.4) is 0 Å². The van der Waals surface area contributed by atoms with Crippen LogP contribution in [0.5, 0.6) is 0 Å². The number of likely N-dealkylation sites (tertiary alicyclic amines) is 1. The maximum atomic E-state index is 11.3. The number of urea groups is 1. The first kappa shape index (κ1) is 13.8. The van der Waals surface area contributed by atoms with Gasteiger partial charge in [-0.2, -0.15) is 0 Å². The first-order chi connectivity index (χ1) is 8.11. The molecule has 0 spiro atoms. The van der Waals surface area contributed by atoms with E-state index in [1.165, 1.54) is 0 Å². The van der Waals surface area contributed by atoms with E-state index >= 15 is 0 Å². The summed E-state index contributed by atoms with van der Waals surface area (Å²) in [7, 11) is 0. The van der Waals surface area contributed by atoms with Crippen molar-refractivity contribution in [1.29, 1.82) is 0 Å². The number of aliphatic carboxylic acids is 1. The molecule has 0 aromatic heterocycles. The van der Waals surface area contributed by atoms with Crippen LogP contribution in [0.4, 0.5) is 4.79 Å². The smallest absolute Gasteiger partial charge is 0.314 e. The molecule has 0 saturated carbocycles. The lowest BCUT2D eigenvalue weighted by molar-refractivity contribution is -0.136. The summed E-state index contributed by atoms with van der Waals surface area (Å²) in [4.78, 5) is 23.9. The fourth-order valence-electron chi connectivity index (χ4n) is 1.95. The predicted octanol–water partition coefficient (Wildman–Crippen LogP) is 0.102. The molecule has 0 radical (unpaired) electrons. The number of hydrogen-bond acceptors (Lipinski definition) is 3. The molecule has 2 amide bonds. The quantitative estimate of drug-likeness (QED) is 0.618. The van der Waals surface area contributed by atoms with Gasteiger partial charge in [0.05, 0.1) is 6.42 Å². The number of carbonyl (C=O) groups excluding carboxylic acids is 1. The Morgan fingerprint density at radius 1 is 1.41 bits per heavy atom. The van der Waals surface area contributed by atoms with Crippen LogP contribution in [-0.2, 0) is 4.79 Å². The molecule has 0 bridgehead atoms. The third-order valence-electron chi connectivity index (χ3n) is 2.99.